The Morgan fingerprint density at radius 3 is 2.46 bits per heavy atom. The second kappa shape index (κ2) is 7.81. The van der Waals surface area contributed by atoms with Crippen LogP contribution in [0.15, 0.2) is 34.0 Å². The first-order chi connectivity index (χ1) is 11.3. The molecule has 0 aliphatic rings. The lowest BCUT2D eigenvalue weighted by Crippen LogP contribution is -2.28. The maximum Gasteiger partial charge on any atom is 0.255 e. The predicted molar refractivity (Wildman–Crippen MR) is 90.2 cm³/mol. The van der Waals surface area contributed by atoms with Crippen molar-refractivity contribution in [3.8, 4) is 0 Å². The van der Waals surface area contributed by atoms with Gasteiger partial charge in [0.15, 0.2) is 5.03 Å². The molecule has 10 nitrogen and oxygen atoms in total. The molecule has 6 N–H and O–H groups in total. The van der Waals surface area contributed by atoms with E-state index in [-0.39, 0.29) is 24.2 Å². The highest BCUT2D eigenvalue weighted by Gasteiger charge is 2.12. The zero-order valence-corrected chi connectivity index (χ0v) is 14.6. The largest absolute Gasteiger partial charge is 0.394 e. The monoisotopic (exact) mass is 418 g/mol. The zero-order chi connectivity index (χ0) is 17.7. The Labute approximate surface area is 146 Å². The Balaban J connectivity index is 2.18. The smallest absolute Gasteiger partial charge is 0.255 e. The molecule has 0 spiro atoms. The van der Waals surface area contributed by atoms with Crippen LogP contribution in [0.4, 0.5) is 17.5 Å². The molecule has 2 aromatic rings. The number of pyridine rings is 1. The Morgan fingerprint density at radius 2 is 1.92 bits per heavy atom. The molecule has 0 saturated heterocycles. The molecule has 0 saturated carbocycles. The Hall–Kier alpha value is -1.86. The van der Waals surface area contributed by atoms with Gasteiger partial charge in [-0.3, -0.25) is 0 Å². The summed E-state index contributed by atoms with van der Waals surface area (Å²) in [4.78, 5) is 12.0. The van der Waals surface area contributed by atoms with Crippen LogP contribution in [0.2, 0.25) is 0 Å². The minimum atomic E-state index is -3.86. The van der Waals surface area contributed by atoms with Crippen LogP contribution in [0, 0.1) is 0 Å². The molecular weight excluding hydrogens is 404 g/mol. The van der Waals surface area contributed by atoms with Crippen LogP contribution in [0.5, 0.6) is 0 Å². The number of aliphatic hydroxyl groups is 2. The molecule has 0 atom stereocenters. The molecule has 2 aromatic heterocycles. The second-order valence-corrected chi connectivity index (χ2v) is 7.01. The highest BCUT2D eigenvalue weighted by Crippen LogP contribution is 2.22. The number of aromatic nitrogens is 3. The van der Waals surface area contributed by atoms with Gasteiger partial charge in [-0.25, -0.2) is 23.5 Å². The van der Waals surface area contributed by atoms with Gasteiger partial charge in [-0.2, -0.15) is 4.98 Å². The molecule has 0 amide bonds. The van der Waals surface area contributed by atoms with Crippen molar-refractivity contribution in [2.75, 3.05) is 23.8 Å². The van der Waals surface area contributed by atoms with Gasteiger partial charge in [-0.05, 0) is 28.1 Å². The number of rotatable bonds is 7. The summed E-state index contributed by atoms with van der Waals surface area (Å²) in [5.41, 5.74) is 0.455. The quantitative estimate of drug-likeness (QED) is 0.409. The van der Waals surface area contributed by atoms with Gasteiger partial charge < -0.3 is 20.8 Å². The first-order valence-electron chi connectivity index (χ1n) is 6.60. The minimum absolute atomic E-state index is 0.209. The number of nitrogens with one attached hydrogen (secondary N) is 2. The molecular formula is C12H15BrN6O4S. The van der Waals surface area contributed by atoms with Gasteiger partial charge in [0.05, 0.1) is 35.6 Å². The second-order valence-electron chi connectivity index (χ2n) is 4.65. The van der Waals surface area contributed by atoms with E-state index in [9.17, 15) is 8.42 Å². The number of nitrogens with zero attached hydrogens (tertiary/aromatic N) is 3. The van der Waals surface area contributed by atoms with Crippen LogP contribution in [0.25, 0.3) is 0 Å². The number of hydrogen-bond donors (Lipinski definition) is 5. The Morgan fingerprint density at radius 1 is 1.21 bits per heavy atom. The van der Waals surface area contributed by atoms with Gasteiger partial charge in [-0.15, -0.1) is 0 Å². The summed E-state index contributed by atoms with van der Waals surface area (Å²) in [5.74, 6) is 0.579. The predicted octanol–water partition coefficient (Wildman–Crippen LogP) is -0.210. The van der Waals surface area contributed by atoms with Crippen LogP contribution in [-0.2, 0) is 10.0 Å². The lowest BCUT2D eigenvalue weighted by atomic mass is 10.3. The normalized spacial score (nSPS) is 11.5. The van der Waals surface area contributed by atoms with E-state index in [0.717, 1.165) is 0 Å². The molecule has 0 aromatic carbocycles. The summed E-state index contributed by atoms with van der Waals surface area (Å²) >= 11 is 3.26. The number of hydrogen-bond acceptors (Lipinski definition) is 9. The number of halogens is 1. The van der Waals surface area contributed by atoms with Crippen LogP contribution < -0.4 is 15.8 Å². The molecule has 0 aliphatic heterocycles. The minimum Gasteiger partial charge on any atom is -0.394 e. The number of aliphatic hydroxyl groups excluding tert-OH is 2. The average molecular weight is 419 g/mol. The van der Waals surface area contributed by atoms with E-state index in [1.165, 1.54) is 24.5 Å². The van der Waals surface area contributed by atoms with Crippen LogP contribution in [0.3, 0.4) is 0 Å². The molecule has 12 heteroatoms. The molecule has 130 valence electrons. The molecule has 2 rings (SSSR count). The number of sulfonamides is 1. The highest BCUT2D eigenvalue weighted by atomic mass is 79.9. The van der Waals surface area contributed by atoms with E-state index in [2.05, 4.69) is 41.5 Å². The summed E-state index contributed by atoms with van der Waals surface area (Å²) in [6.45, 7) is -0.538. The molecule has 0 unspecified atom stereocenters. The number of anilines is 3. The molecule has 0 fully saturated rings. The summed E-state index contributed by atoms with van der Waals surface area (Å²) in [6.07, 6.45) is 2.76. The van der Waals surface area contributed by atoms with Crippen molar-refractivity contribution < 1.29 is 18.6 Å². The fourth-order valence-electron chi connectivity index (χ4n) is 1.62. The fraction of sp³-hybridized carbons (Fsp3) is 0.250. The van der Waals surface area contributed by atoms with Gasteiger partial charge >= 0.3 is 0 Å². The standard InChI is InChI=1S/C12H15BrN6O4S/c13-9-4-16-12(19-11(9)17-8(5-20)6-21)18-7-1-2-10(15-3-7)24(14,22)23/h1-4,8,20-21H,5-6H2,(H2,14,22,23)(H2,16,17,18,19). The van der Waals surface area contributed by atoms with Gasteiger partial charge in [0.2, 0.25) is 5.95 Å². The summed E-state index contributed by atoms with van der Waals surface area (Å²) in [6, 6.07) is 2.15. The van der Waals surface area contributed by atoms with E-state index < -0.39 is 16.1 Å². The van der Waals surface area contributed by atoms with Gasteiger partial charge in [0.1, 0.15) is 5.82 Å². The molecule has 24 heavy (non-hydrogen) atoms. The molecule has 0 aliphatic carbocycles. The topological polar surface area (TPSA) is 163 Å². The maximum absolute atomic E-state index is 11.2. The zero-order valence-electron chi connectivity index (χ0n) is 12.2. The summed E-state index contributed by atoms with van der Waals surface area (Å²) in [5, 5.41) is 28.7. The van der Waals surface area contributed by atoms with Gasteiger partial charge in [0, 0.05) is 6.20 Å². The first kappa shape index (κ1) is 18.5. The van der Waals surface area contributed by atoms with Crippen molar-refractivity contribution in [1.82, 2.24) is 15.0 Å². The van der Waals surface area contributed by atoms with Crippen molar-refractivity contribution in [2.45, 2.75) is 11.1 Å². The third kappa shape index (κ3) is 4.82. The van der Waals surface area contributed by atoms with Gasteiger partial charge in [-0.1, -0.05) is 0 Å². The number of nitrogens with two attached hydrogens (primary N) is 1. The van der Waals surface area contributed by atoms with Crippen LogP contribution in [-0.4, -0.2) is 52.8 Å². The van der Waals surface area contributed by atoms with Crippen molar-refractivity contribution in [2.24, 2.45) is 5.14 Å². The SMILES string of the molecule is NS(=O)(=O)c1ccc(Nc2ncc(Br)c(NC(CO)CO)n2)cn1. The van der Waals surface area contributed by atoms with Crippen molar-refractivity contribution in [3.63, 3.8) is 0 Å². The van der Waals surface area contributed by atoms with Crippen LogP contribution in [0.1, 0.15) is 0 Å². The Bertz CT molecular complexity index is 798. The fourth-order valence-corrected chi connectivity index (χ4v) is 2.39. The molecule has 0 bridgehead atoms. The lowest BCUT2D eigenvalue weighted by molar-refractivity contribution is 0.203. The third-order valence-electron chi connectivity index (χ3n) is 2.81. The highest BCUT2D eigenvalue weighted by molar-refractivity contribution is 9.10. The van der Waals surface area contributed by atoms with E-state index in [0.29, 0.717) is 16.0 Å². The maximum atomic E-state index is 11.2. The van der Waals surface area contributed by atoms with E-state index in [4.69, 9.17) is 15.4 Å². The van der Waals surface area contributed by atoms with E-state index in [1.54, 1.807) is 0 Å². The van der Waals surface area contributed by atoms with Crippen LogP contribution >= 0.6 is 15.9 Å². The van der Waals surface area contributed by atoms with Crippen molar-refractivity contribution >= 4 is 43.4 Å². The Kier molecular flexibility index (Phi) is 6.01. The van der Waals surface area contributed by atoms with E-state index in [1.807, 2.05) is 0 Å². The summed E-state index contributed by atoms with van der Waals surface area (Å²) < 4.78 is 22.9. The van der Waals surface area contributed by atoms with Crippen molar-refractivity contribution in [3.05, 3.63) is 29.0 Å². The van der Waals surface area contributed by atoms with Gasteiger partial charge in [0.25, 0.3) is 10.0 Å². The van der Waals surface area contributed by atoms with Crippen molar-refractivity contribution in [1.29, 1.82) is 0 Å². The molecule has 2 heterocycles. The van der Waals surface area contributed by atoms with E-state index >= 15 is 0 Å². The summed E-state index contributed by atoms with van der Waals surface area (Å²) in [7, 11) is -3.86. The number of primary sulfonamides is 1. The average Bonchev–Trinajstić information content (AvgIpc) is 2.55. The molecule has 0 radical (unpaired) electrons. The lowest BCUT2D eigenvalue weighted by Gasteiger charge is -2.15. The third-order valence-corrected chi connectivity index (χ3v) is 4.21. The first-order valence-corrected chi connectivity index (χ1v) is 8.94.